The lowest BCUT2D eigenvalue weighted by atomic mass is 9.92. The molecule has 1 aromatic heterocycles. The molecule has 0 spiro atoms. The molecule has 1 aliphatic rings. The highest BCUT2D eigenvalue weighted by molar-refractivity contribution is 7.22. The predicted octanol–water partition coefficient (Wildman–Crippen LogP) is 4.45. The van der Waals surface area contributed by atoms with Crippen LogP contribution < -0.4 is 5.32 Å². The summed E-state index contributed by atoms with van der Waals surface area (Å²) in [5.74, 6) is 0.765. The van der Waals surface area contributed by atoms with Crippen LogP contribution in [0.15, 0.2) is 18.2 Å². The molecule has 0 atom stereocenters. The zero-order valence-corrected chi connectivity index (χ0v) is 12.1. The molecule has 0 bridgehead atoms. The molecule has 1 aliphatic carbocycles. The van der Waals surface area contributed by atoms with Crippen LogP contribution >= 0.6 is 11.3 Å². The summed E-state index contributed by atoms with van der Waals surface area (Å²) in [5, 5.41) is 4.62. The fourth-order valence-corrected chi connectivity index (χ4v) is 3.44. The van der Waals surface area contributed by atoms with Gasteiger partial charge in [-0.25, -0.2) is 4.98 Å². The van der Waals surface area contributed by atoms with E-state index in [9.17, 15) is 0 Å². The topological polar surface area (TPSA) is 24.9 Å². The minimum absolute atomic E-state index is 0.535. The number of nitrogens with one attached hydrogen (secondary N) is 1. The molecule has 18 heavy (non-hydrogen) atoms. The Morgan fingerprint density at radius 3 is 2.83 bits per heavy atom. The standard InChI is InChI=1S/C15H20N2S/c1-10(2)15(6-7-15)9-16-14-17-12-5-4-11(3)8-13(12)18-14/h4-5,8,10H,6-7,9H2,1-3H3,(H,16,17). The van der Waals surface area contributed by atoms with Gasteiger partial charge in [0, 0.05) is 6.54 Å². The molecule has 1 N–H and O–H groups in total. The third kappa shape index (κ3) is 2.12. The first-order valence-corrected chi connectivity index (χ1v) is 7.52. The number of aromatic nitrogens is 1. The van der Waals surface area contributed by atoms with Crippen LogP contribution in [0.4, 0.5) is 5.13 Å². The van der Waals surface area contributed by atoms with E-state index in [1.54, 1.807) is 11.3 Å². The summed E-state index contributed by atoms with van der Waals surface area (Å²) in [6, 6.07) is 6.46. The maximum Gasteiger partial charge on any atom is 0.183 e. The number of thiazole rings is 1. The van der Waals surface area contributed by atoms with Gasteiger partial charge >= 0.3 is 0 Å². The first-order valence-electron chi connectivity index (χ1n) is 6.70. The molecule has 2 nitrogen and oxygen atoms in total. The molecule has 2 aromatic rings. The average Bonchev–Trinajstić information content (AvgIpc) is 3.02. The molecule has 0 aliphatic heterocycles. The van der Waals surface area contributed by atoms with Gasteiger partial charge in [0.15, 0.2) is 5.13 Å². The van der Waals surface area contributed by atoms with E-state index in [0.717, 1.165) is 23.1 Å². The zero-order valence-electron chi connectivity index (χ0n) is 11.3. The van der Waals surface area contributed by atoms with Crippen molar-refractivity contribution in [3.05, 3.63) is 23.8 Å². The number of rotatable bonds is 4. The third-order valence-corrected chi connectivity index (χ3v) is 5.23. The van der Waals surface area contributed by atoms with E-state index in [-0.39, 0.29) is 0 Å². The van der Waals surface area contributed by atoms with Gasteiger partial charge < -0.3 is 5.32 Å². The molecule has 0 saturated heterocycles. The Morgan fingerprint density at radius 1 is 1.39 bits per heavy atom. The molecule has 1 fully saturated rings. The van der Waals surface area contributed by atoms with Gasteiger partial charge in [0.05, 0.1) is 10.2 Å². The van der Waals surface area contributed by atoms with E-state index in [2.05, 4.69) is 49.3 Å². The smallest absolute Gasteiger partial charge is 0.183 e. The maximum atomic E-state index is 4.65. The molecular weight excluding hydrogens is 240 g/mol. The van der Waals surface area contributed by atoms with Crippen LogP contribution in [0.5, 0.6) is 0 Å². The highest BCUT2D eigenvalue weighted by Gasteiger charge is 2.45. The van der Waals surface area contributed by atoms with E-state index < -0.39 is 0 Å². The average molecular weight is 260 g/mol. The molecule has 0 unspecified atom stereocenters. The van der Waals surface area contributed by atoms with Crippen LogP contribution in [-0.2, 0) is 0 Å². The first kappa shape index (κ1) is 12.0. The van der Waals surface area contributed by atoms with Crippen molar-refractivity contribution < 1.29 is 0 Å². The van der Waals surface area contributed by atoms with Gasteiger partial charge in [0.2, 0.25) is 0 Å². The van der Waals surface area contributed by atoms with Gasteiger partial charge in [-0.15, -0.1) is 0 Å². The summed E-state index contributed by atoms with van der Waals surface area (Å²) in [6.07, 6.45) is 2.73. The molecule has 1 saturated carbocycles. The molecule has 96 valence electrons. The van der Waals surface area contributed by atoms with Gasteiger partial charge in [0.1, 0.15) is 0 Å². The van der Waals surface area contributed by atoms with E-state index in [0.29, 0.717) is 5.41 Å². The van der Waals surface area contributed by atoms with Crippen molar-refractivity contribution in [1.82, 2.24) is 4.98 Å². The summed E-state index contributed by atoms with van der Waals surface area (Å²) in [4.78, 5) is 4.65. The Morgan fingerprint density at radius 2 is 2.17 bits per heavy atom. The fourth-order valence-electron chi connectivity index (χ4n) is 2.48. The van der Waals surface area contributed by atoms with Crippen molar-refractivity contribution in [2.75, 3.05) is 11.9 Å². The minimum Gasteiger partial charge on any atom is -0.361 e. The molecule has 1 aromatic carbocycles. The Balaban J connectivity index is 1.75. The van der Waals surface area contributed by atoms with Gasteiger partial charge in [-0.3, -0.25) is 0 Å². The van der Waals surface area contributed by atoms with Crippen molar-refractivity contribution in [3.8, 4) is 0 Å². The Bertz CT molecular complexity index is 567. The fraction of sp³-hybridized carbons (Fsp3) is 0.533. The number of aryl methyl sites for hydroxylation is 1. The van der Waals surface area contributed by atoms with Crippen molar-refractivity contribution in [3.63, 3.8) is 0 Å². The van der Waals surface area contributed by atoms with Crippen molar-refractivity contribution in [2.45, 2.75) is 33.6 Å². The van der Waals surface area contributed by atoms with Crippen LogP contribution in [-0.4, -0.2) is 11.5 Å². The Kier molecular flexibility index (Phi) is 2.81. The molecular formula is C15H20N2S. The van der Waals surface area contributed by atoms with E-state index in [4.69, 9.17) is 0 Å². The monoisotopic (exact) mass is 260 g/mol. The van der Waals surface area contributed by atoms with Gasteiger partial charge in [0.25, 0.3) is 0 Å². The van der Waals surface area contributed by atoms with Crippen molar-refractivity contribution >= 4 is 26.7 Å². The normalized spacial score (nSPS) is 17.3. The molecule has 3 rings (SSSR count). The van der Waals surface area contributed by atoms with E-state index in [1.807, 2.05) is 0 Å². The second-order valence-corrected chi connectivity index (χ2v) is 6.89. The summed E-state index contributed by atoms with van der Waals surface area (Å²) in [7, 11) is 0. The van der Waals surface area contributed by atoms with Gasteiger partial charge in [-0.05, 0) is 48.8 Å². The highest BCUT2D eigenvalue weighted by Crippen LogP contribution is 2.51. The molecule has 0 radical (unpaired) electrons. The van der Waals surface area contributed by atoms with Crippen molar-refractivity contribution in [1.29, 1.82) is 0 Å². The maximum absolute atomic E-state index is 4.65. The lowest BCUT2D eigenvalue weighted by molar-refractivity contribution is 0.380. The Labute approximate surface area is 112 Å². The third-order valence-electron chi connectivity index (χ3n) is 4.25. The summed E-state index contributed by atoms with van der Waals surface area (Å²) in [5.41, 5.74) is 2.95. The number of hydrogen-bond donors (Lipinski definition) is 1. The number of anilines is 1. The molecule has 0 amide bonds. The second kappa shape index (κ2) is 4.23. The van der Waals surface area contributed by atoms with Crippen molar-refractivity contribution in [2.24, 2.45) is 11.3 Å². The van der Waals surface area contributed by atoms with Crippen LogP contribution in [0.3, 0.4) is 0 Å². The van der Waals surface area contributed by atoms with Crippen LogP contribution in [0, 0.1) is 18.3 Å². The zero-order chi connectivity index (χ0) is 12.8. The van der Waals surface area contributed by atoms with E-state index in [1.165, 1.54) is 23.1 Å². The van der Waals surface area contributed by atoms with E-state index >= 15 is 0 Å². The quantitative estimate of drug-likeness (QED) is 0.878. The highest BCUT2D eigenvalue weighted by atomic mass is 32.1. The van der Waals surface area contributed by atoms with Crippen LogP contribution in [0.2, 0.25) is 0 Å². The number of nitrogens with zero attached hydrogens (tertiary/aromatic N) is 1. The number of benzene rings is 1. The number of hydrogen-bond acceptors (Lipinski definition) is 3. The second-order valence-electron chi connectivity index (χ2n) is 5.86. The number of fused-ring (bicyclic) bond motifs is 1. The largest absolute Gasteiger partial charge is 0.361 e. The molecule has 1 heterocycles. The SMILES string of the molecule is Cc1ccc2nc(NCC3(C(C)C)CC3)sc2c1. The van der Waals surface area contributed by atoms with Gasteiger partial charge in [-0.1, -0.05) is 31.3 Å². The predicted molar refractivity (Wildman–Crippen MR) is 79.4 cm³/mol. The first-order chi connectivity index (χ1) is 8.59. The lowest BCUT2D eigenvalue weighted by Crippen LogP contribution is -2.20. The summed E-state index contributed by atoms with van der Waals surface area (Å²) in [6.45, 7) is 7.86. The lowest BCUT2D eigenvalue weighted by Gasteiger charge is -2.19. The van der Waals surface area contributed by atoms with Crippen LogP contribution in [0.1, 0.15) is 32.3 Å². The Hall–Kier alpha value is -1.09. The van der Waals surface area contributed by atoms with Crippen LogP contribution in [0.25, 0.3) is 10.2 Å². The summed E-state index contributed by atoms with van der Waals surface area (Å²) < 4.78 is 1.28. The summed E-state index contributed by atoms with van der Waals surface area (Å²) >= 11 is 1.77. The minimum atomic E-state index is 0.535. The molecule has 3 heteroatoms. The van der Waals surface area contributed by atoms with Gasteiger partial charge in [-0.2, -0.15) is 0 Å².